The first-order valence-electron chi connectivity index (χ1n) is 5.89. The summed E-state index contributed by atoms with van der Waals surface area (Å²) in [5, 5.41) is 9.25. The van der Waals surface area contributed by atoms with E-state index in [1.54, 1.807) is 12.4 Å². The molecule has 1 N–H and O–H groups in total. The molecule has 0 saturated carbocycles. The standard InChI is InChI=1S/C13H16N2O2/c1-2-9(13(16)17)12-10-5-3-4-6-11(10)14-7-8-15-12/h3-4,7-9,12H,2,5-6H2,1H3,(H,16,17)/t9?,12-/m0/s1. The van der Waals surface area contributed by atoms with E-state index in [9.17, 15) is 9.90 Å². The van der Waals surface area contributed by atoms with Crippen LogP contribution in [0.25, 0.3) is 0 Å². The number of nitrogens with zero attached hydrogens (tertiary/aromatic N) is 2. The number of hydrogen-bond donors (Lipinski definition) is 1. The van der Waals surface area contributed by atoms with Gasteiger partial charge in [-0.1, -0.05) is 19.1 Å². The summed E-state index contributed by atoms with van der Waals surface area (Å²) in [6.45, 7) is 1.89. The van der Waals surface area contributed by atoms with Crippen molar-refractivity contribution in [2.45, 2.75) is 32.2 Å². The van der Waals surface area contributed by atoms with E-state index in [-0.39, 0.29) is 6.04 Å². The predicted molar refractivity (Wildman–Crippen MR) is 67.6 cm³/mol. The molecule has 0 amide bonds. The Labute approximate surface area is 100 Å². The van der Waals surface area contributed by atoms with E-state index in [0.717, 1.165) is 24.1 Å². The minimum absolute atomic E-state index is 0.264. The van der Waals surface area contributed by atoms with Gasteiger partial charge in [-0.15, -0.1) is 0 Å². The Bertz CT molecular complexity index is 433. The maximum atomic E-state index is 11.3. The average Bonchev–Trinajstić information content (AvgIpc) is 2.53. The molecule has 1 aliphatic carbocycles. The van der Waals surface area contributed by atoms with Gasteiger partial charge in [-0.2, -0.15) is 0 Å². The van der Waals surface area contributed by atoms with Gasteiger partial charge in [-0.25, -0.2) is 0 Å². The van der Waals surface area contributed by atoms with Crippen molar-refractivity contribution in [3.05, 3.63) is 23.4 Å². The zero-order valence-corrected chi connectivity index (χ0v) is 9.84. The maximum Gasteiger partial charge on any atom is 0.309 e. The molecule has 0 fully saturated rings. The summed E-state index contributed by atoms with van der Waals surface area (Å²) in [5.41, 5.74) is 2.04. The maximum absolute atomic E-state index is 11.3. The number of carbonyl (C=O) groups is 1. The van der Waals surface area contributed by atoms with Gasteiger partial charge in [-0.3, -0.25) is 14.8 Å². The van der Waals surface area contributed by atoms with Crippen molar-refractivity contribution in [2.24, 2.45) is 15.9 Å². The van der Waals surface area contributed by atoms with Crippen LogP contribution in [-0.2, 0) is 4.79 Å². The molecule has 4 nitrogen and oxygen atoms in total. The lowest BCUT2D eigenvalue weighted by Gasteiger charge is -2.23. The highest BCUT2D eigenvalue weighted by Gasteiger charge is 2.31. The molecule has 0 aromatic heterocycles. The largest absolute Gasteiger partial charge is 0.481 e. The molecule has 0 saturated heterocycles. The topological polar surface area (TPSA) is 62.0 Å². The highest BCUT2D eigenvalue weighted by molar-refractivity contribution is 6.16. The molecule has 1 heterocycles. The predicted octanol–water partition coefficient (Wildman–Crippen LogP) is 2.23. The van der Waals surface area contributed by atoms with E-state index in [1.807, 2.05) is 6.92 Å². The molecule has 90 valence electrons. The quantitative estimate of drug-likeness (QED) is 0.758. The first-order valence-corrected chi connectivity index (χ1v) is 5.89. The zero-order chi connectivity index (χ0) is 12.3. The van der Waals surface area contributed by atoms with Gasteiger partial charge in [0.15, 0.2) is 0 Å². The summed E-state index contributed by atoms with van der Waals surface area (Å²) < 4.78 is 0. The summed E-state index contributed by atoms with van der Waals surface area (Å²) in [6, 6.07) is -0.264. The minimum Gasteiger partial charge on any atom is -0.481 e. The lowest BCUT2D eigenvalue weighted by molar-refractivity contribution is -0.142. The van der Waals surface area contributed by atoms with Crippen molar-refractivity contribution in [2.75, 3.05) is 0 Å². The van der Waals surface area contributed by atoms with Crippen LogP contribution in [0.4, 0.5) is 0 Å². The summed E-state index contributed by atoms with van der Waals surface area (Å²) in [4.78, 5) is 19.9. The molecule has 0 aromatic rings. The van der Waals surface area contributed by atoms with Crippen molar-refractivity contribution in [3.8, 4) is 0 Å². The molecule has 2 atom stereocenters. The zero-order valence-electron chi connectivity index (χ0n) is 9.84. The Balaban J connectivity index is 2.35. The second-order valence-electron chi connectivity index (χ2n) is 4.23. The fourth-order valence-electron chi connectivity index (χ4n) is 2.31. The first kappa shape index (κ1) is 11.8. The number of aliphatic carboxylic acids is 1. The number of allylic oxidation sites excluding steroid dienone is 2. The SMILES string of the molecule is CCC(C(=O)O)[C@@H]1N=CC=NC2=C1CC=CC2. The molecule has 2 rings (SSSR count). The molecule has 0 radical (unpaired) electrons. The summed E-state index contributed by atoms with van der Waals surface area (Å²) in [6.07, 6.45) is 9.53. The molecule has 4 heteroatoms. The molecule has 0 aromatic carbocycles. The van der Waals surface area contributed by atoms with Crippen LogP contribution in [0.15, 0.2) is 33.4 Å². The molecule has 17 heavy (non-hydrogen) atoms. The van der Waals surface area contributed by atoms with Crippen molar-refractivity contribution in [1.82, 2.24) is 0 Å². The Hall–Kier alpha value is -1.71. The van der Waals surface area contributed by atoms with Crippen LogP contribution in [0, 0.1) is 5.92 Å². The second-order valence-corrected chi connectivity index (χ2v) is 4.23. The van der Waals surface area contributed by atoms with Gasteiger partial charge in [0.05, 0.1) is 12.0 Å². The van der Waals surface area contributed by atoms with Gasteiger partial charge in [0, 0.05) is 24.5 Å². The second kappa shape index (κ2) is 5.08. The number of carboxylic acid groups (broad SMARTS) is 1. The lowest BCUT2D eigenvalue weighted by atomic mass is 9.86. The first-order chi connectivity index (χ1) is 8.24. The van der Waals surface area contributed by atoms with Crippen LogP contribution in [-0.4, -0.2) is 29.5 Å². The van der Waals surface area contributed by atoms with Crippen LogP contribution in [0.5, 0.6) is 0 Å². The molecule has 0 bridgehead atoms. The fourth-order valence-corrected chi connectivity index (χ4v) is 2.31. The molecule has 2 aliphatic rings. The third-order valence-corrected chi connectivity index (χ3v) is 3.23. The Morgan fingerprint density at radius 2 is 2.24 bits per heavy atom. The van der Waals surface area contributed by atoms with E-state index < -0.39 is 11.9 Å². The van der Waals surface area contributed by atoms with Crippen molar-refractivity contribution in [3.63, 3.8) is 0 Å². The van der Waals surface area contributed by atoms with E-state index in [1.165, 1.54) is 0 Å². The normalized spacial score (nSPS) is 24.4. The fraction of sp³-hybridized carbons (Fsp3) is 0.462. The van der Waals surface area contributed by atoms with Crippen molar-refractivity contribution < 1.29 is 9.90 Å². The smallest absolute Gasteiger partial charge is 0.309 e. The Morgan fingerprint density at radius 3 is 2.94 bits per heavy atom. The summed E-state index contributed by atoms with van der Waals surface area (Å²) in [7, 11) is 0. The van der Waals surface area contributed by atoms with Gasteiger partial charge >= 0.3 is 5.97 Å². The molecule has 0 spiro atoms. The lowest BCUT2D eigenvalue weighted by Crippen LogP contribution is -2.29. The highest BCUT2D eigenvalue weighted by Crippen LogP contribution is 2.31. The van der Waals surface area contributed by atoms with Crippen LogP contribution in [0.3, 0.4) is 0 Å². The van der Waals surface area contributed by atoms with Gasteiger partial charge < -0.3 is 5.11 Å². The van der Waals surface area contributed by atoms with E-state index in [4.69, 9.17) is 0 Å². The van der Waals surface area contributed by atoms with Gasteiger partial charge in [0.1, 0.15) is 0 Å². The molecule has 1 aliphatic heterocycles. The average molecular weight is 232 g/mol. The number of carboxylic acids is 1. The van der Waals surface area contributed by atoms with Gasteiger partial charge in [-0.05, 0) is 18.4 Å². The van der Waals surface area contributed by atoms with Crippen LogP contribution in [0.1, 0.15) is 26.2 Å². The highest BCUT2D eigenvalue weighted by atomic mass is 16.4. The number of rotatable bonds is 3. The van der Waals surface area contributed by atoms with E-state index in [0.29, 0.717) is 6.42 Å². The summed E-state index contributed by atoms with van der Waals surface area (Å²) in [5.74, 6) is -1.23. The Kier molecular flexibility index (Phi) is 3.52. The van der Waals surface area contributed by atoms with Gasteiger partial charge in [0.2, 0.25) is 0 Å². The van der Waals surface area contributed by atoms with Crippen LogP contribution < -0.4 is 0 Å². The van der Waals surface area contributed by atoms with Crippen LogP contribution >= 0.6 is 0 Å². The number of hydrogen-bond acceptors (Lipinski definition) is 3. The monoisotopic (exact) mass is 232 g/mol. The van der Waals surface area contributed by atoms with Crippen molar-refractivity contribution in [1.29, 1.82) is 0 Å². The molecular formula is C13H16N2O2. The molecular weight excluding hydrogens is 216 g/mol. The third kappa shape index (κ3) is 2.35. The van der Waals surface area contributed by atoms with E-state index >= 15 is 0 Å². The van der Waals surface area contributed by atoms with Crippen molar-refractivity contribution >= 4 is 18.4 Å². The number of aliphatic imine (C=N–C) groups is 2. The molecule has 1 unspecified atom stereocenters. The van der Waals surface area contributed by atoms with Gasteiger partial charge in [0.25, 0.3) is 0 Å². The van der Waals surface area contributed by atoms with Crippen LogP contribution in [0.2, 0.25) is 0 Å². The third-order valence-electron chi connectivity index (χ3n) is 3.23. The van der Waals surface area contributed by atoms with E-state index in [2.05, 4.69) is 22.1 Å². The minimum atomic E-state index is -0.780. The summed E-state index contributed by atoms with van der Waals surface area (Å²) >= 11 is 0. The Morgan fingerprint density at radius 1 is 1.47 bits per heavy atom.